The van der Waals surface area contributed by atoms with E-state index in [0.29, 0.717) is 34.0 Å². The number of sulfonamides is 1. The first-order valence-electron chi connectivity index (χ1n) is 13.2. The molecule has 1 aliphatic heterocycles. The van der Waals surface area contributed by atoms with E-state index in [2.05, 4.69) is 5.32 Å². The molecular weight excluding hydrogens is 557 g/mol. The third kappa shape index (κ3) is 6.03. The number of halogens is 2. The first-order valence-corrected chi connectivity index (χ1v) is 15.4. The van der Waals surface area contributed by atoms with Gasteiger partial charge in [-0.05, 0) is 61.4 Å². The quantitative estimate of drug-likeness (QED) is 0.290. The first-order chi connectivity index (χ1) is 18.6. The van der Waals surface area contributed by atoms with E-state index in [9.17, 15) is 18.0 Å². The van der Waals surface area contributed by atoms with E-state index in [4.69, 9.17) is 23.2 Å². The second-order valence-electron chi connectivity index (χ2n) is 9.82. The lowest BCUT2D eigenvalue weighted by atomic mass is 10.1. The molecule has 39 heavy (non-hydrogen) atoms. The summed E-state index contributed by atoms with van der Waals surface area (Å²) in [6, 6.07) is 15.2. The number of hydrogen-bond donors (Lipinski definition) is 1. The molecule has 10 heteroatoms. The maximum absolute atomic E-state index is 13.6. The van der Waals surface area contributed by atoms with Crippen LogP contribution in [0.2, 0.25) is 10.0 Å². The van der Waals surface area contributed by atoms with Crippen molar-refractivity contribution in [1.82, 2.24) is 10.2 Å². The second kappa shape index (κ2) is 12.1. The summed E-state index contributed by atoms with van der Waals surface area (Å²) >= 11 is 12.3. The van der Waals surface area contributed by atoms with Crippen molar-refractivity contribution in [1.29, 1.82) is 0 Å². The third-order valence-corrected chi connectivity index (χ3v) is 9.75. The fraction of sp³-hybridized carbons (Fsp3) is 0.379. The summed E-state index contributed by atoms with van der Waals surface area (Å²) in [5.41, 5.74) is 1.37. The molecule has 0 fully saturated rings. The average molecular weight is 591 g/mol. The summed E-state index contributed by atoms with van der Waals surface area (Å²) in [4.78, 5) is 28.6. The summed E-state index contributed by atoms with van der Waals surface area (Å²) < 4.78 is 28.0. The molecule has 4 rings (SSSR count). The van der Waals surface area contributed by atoms with Crippen molar-refractivity contribution in [2.45, 2.75) is 70.0 Å². The number of amides is 2. The fourth-order valence-corrected chi connectivity index (χ4v) is 6.98. The zero-order valence-electron chi connectivity index (χ0n) is 22.3. The van der Waals surface area contributed by atoms with Crippen molar-refractivity contribution in [3.63, 3.8) is 0 Å². The van der Waals surface area contributed by atoms with Crippen molar-refractivity contribution >= 4 is 61.5 Å². The van der Waals surface area contributed by atoms with E-state index in [-0.39, 0.29) is 42.3 Å². The maximum Gasteiger partial charge on any atom is 0.265 e. The van der Waals surface area contributed by atoms with Gasteiger partial charge in [0, 0.05) is 30.9 Å². The number of hydrogen-bond acceptors (Lipinski definition) is 4. The molecule has 1 heterocycles. The van der Waals surface area contributed by atoms with Crippen molar-refractivity contribution in [2.24, 2.45) is 0 Å². The Balaban J connectivity index is 1.53. The molecule has 0 radical (unpaired) electrons. The Kier molecular flexibility index (Phi) is 9.09. The minimum atomic E-state index is -3.71. The summed E-state index contributed by atoms with van der Waals surface area (Å²) in [6.45, 7) is 6.10. The third-order valence-electron chi connectivity index (χ3n) is 7.16. The lowest BCUT2D eigenvalue weighted by Gasteiger charge is -2.32. The highest BCUT2D eigenvalue weighted by atomic mass is 35.5. The topological polar surface area (TPSA) is 86.8 Å². The van der Waals surface area contributed by atoms with Gasteiger partial charge in [0.25, 0.3) is 10.0 Å². The van der Waals surface area contributed by atoms with Crippen LogP contribution >= 0.6 is 23.2 Å². The predicted octanol–water partition coefficient (Wildman–Crippen LogP) is 6.16. The molecule has 2 atom stereocenters. The molecule has 0 unspecified atom stereocenters. The van der Waals surface area contributed by atoms with E-state index >= 15 is 0 Å². The van der Waals surface area contributed by atoms with Crippen LogP contribution in [0.1, 0.15) is 52.0 Å². The lowest BCUT2D eigenvalue weighted by molar-refractivity contribution is -0.141. The SMILES string of the molecule is CC[C@H](C(=O)N[C@@H](C)CC)N(Cc1ccc(Cl)c(Cl)c1)C(=O)CCCN1c2cccc3cccc(c23)S1(=O)=O. The molecule has 0 saturated carbocycles. The zero-order chi connectivity index (χ0) is 28.3. The summed E-state index contributed by atoms with van der Waals surface area (Å²) in [7, 11) is -3.71. The standard InChI is InChI=1S/C29H33Cl2N3O4S/c1-4-19(3)32-29(36)24(5-2)33(18-20-14-15-22(30)23(31)17-20)27(35)13-8-16-34-25-11-6-9-21-10-7-12-26(28(21)25)39(34,37)38/h6-7,9-12,14-15,17,19,24H,4-5,8,13,16,18H2,1-3H3,(H,32,36)/t19-,24+/m0/s1. The van der Waals surface area contributed by atoms with E-state index in [0.717, 1.165) is 17.4 Å². The monoisotopic (exact) mass is 589 g/mol. The van der Waals surface area contributed by atoms with Crippen LogP contribution in [0.15, 0.2) is 59.5 Å². The summed E-state index contributed by atoms with van der Waals surface area (Å²) in [6.07, 6.45) is 1.56. The Morgan fingerprint density at radius 2 is 1.72 bits per heavy atom. The van der Waals surface area contributed by atoms with Gasteiger partial charge in [-0.15, -0.1) is 0 Å². The van der Waals surface area contributed by atoms with E-state index in [1.807, 2.05) is 39.0 Å². The molecular formula is C29H33Cl2N3O4S. The van der Waals surface area contributed by atoms with Gasteiger partial charge in [0.15, 0.2) is 0 Å². The first kappa shape index (κ1) is 29.2. The Labute approximate surface area is 240 Å². The van der Waals surface area contributed by atoms with Crippen LogP contribution < -0.4 is 9.62 Å². The molecule has 0 bridgehead atoms. The average Bonchev–Trinajstić information content (AvgIpc) is 3.13. The largest absolute Gasteiger partial charge is 0.352 e. The zero-order valence-corrected chi connectivity index (χ0v) is 24.6. The maximum atomic E-state index is 13.6. The second-order valence-corrected chi connectivity index (χ2v) is 12.5. The number of nitrogens with zero attached hydrogens (tertiary/aromatic N) is 2. The van der Waals surface area contributed by atoms with Crippen LogP contribution in [0.3, 0.4) is 0 Å². The van der Waals surface area contributed by atoms with Gasteiger partial charge in [-0.1, -0.05) is 67.4 Å². The van der Waals surface area contributed by atoms with Crippen LogP contribution in [0.4, 0.5) is 5.69 Å². The van der Waals surface area contributed by atoms with Gasteiger partial charge in [0.2, 0.25) is 11.8 Å². The molecule has 208 valence electrons. The molecule has 0 aliphatic carbocycles. The summed E-state index contributed by atoms with van der Waals surface area (Å²) in [5, 5.41) is 5.33. The normalized spacial score (nSPS) is 15.3. The highest BCUT2D eigenvalue weighted by Gasteiger charge is 2.35. The molecule has 7 nitrogen and oxygen atoms in total. The Morgan fingerprint density at radius 1 is 1.00 bits per heavy atom. The van der Waals surface area contributed by atoms with Crippen molar-refractivity contribution in [3.8, 4) is 0 Å². The Bertz CT molecular complexity index is 1490. The van der Waals surface area contributed by atoms with Crippen molar-refractivity contribution < 1.29 is 18.0 Å². The van der Waals surface area contributed by atoms with Gasteiger partial charge in [-0.3, -0.25) is 13.9 Å². The van der Waals surface area contributed by atoms with E-state index in [1.54, 1.807) is 41.3 Å². The number of anilines is 1. The van der Waals surface area contributed by atoms with E-state index < -0.39 is 16.1 Å². The highest BCUT2D eigenvalue weighted by Crippen LogP contribution is 2.42. The smallest absolute Gasteiger partial charge is 0.265 e. The molecule has 3 aromatic rings. The van der Waals surface area contributed by atoms with Crippen LogP contribution in [0.25, 0.3) is 10.8 Å². The molecule has 1 aliphatic rings. The minimum absolute atomic E-state index is 0.0295. The van der Waals surface area contributed by atoms with Crippen LogP contribution in [0.5, 0.6) is 0 Å². The summed E-state index contributed by atoms with van der Waals surface area (Å²) in [5.74, 6) is -0.455. The van der Waals surface area contributed by atoms with Gasteiger partial charge >= 0.3 is 0 Å². The lowest BCUT2D eigenvalue weighted by Crippen LogP contribution is -2.50. The van der Waals surface area contributed by atoms with Crippen LogP contribution in [0, 0.1) is 0 Å². The van der Waals surface area contributed by atoms with Gasteiger partial charge < -0.3 is 10.2 Å². The predicted molar refractivity (Wildman–Crippen MR) is 157 cm³/mol. The molecule has 3 aromatic carbocycles. The van der Waals surface area contributed by atoms with Crippen LogP contribution in [-0.2, 0) is 26.2 Å². The van der Waals surface area contributed by atoms with Gasteiger partial charge in [0.05, 0.1) is 20.6 Å². The molecule has 0 saturated heterocycles. The van der Waals surface area contributed by atoms with Gasteiger partial charge in [0.1, 0.15) is 6.04 Å². The Morgan fingerprint density at radius 3 is 2.38 bits per heavy atom. The van der Waals surface area contributed by atoms with Crippen molar-refractivity contribution in [3.05, 3.63) is 70.2 Å². The van der Waals surface area contributed by atoms with E-state index in [1.165, 1.54) is 4.31 Å². The fourth-order valence-electron chi connectivity index (χ4n) is 4.91. The molecule has 1 N–H and O–H groups in total. The van der Waals surface area contributed by atoms with Crippen molar-refractivity contribution in [2.75, 3.05) is 10.8 Å². The number of nitrogens with one attached hydrogen (secondary N) is 1. The van der Waals surface area contributed by atoms with Crippen LogP contribution in [-0.4, -0.2) is 43.8 Å². The molecule has 0 aromatic heterocycles. The number of carbonyl (C=O) groups is 2. The minimum Gasteiger partial charge on any atom is -0.352 e. The highest BCUT2D eigenvalue weighted by molar-refractivity contribution is 7.93. The molecule has 2 amide bonds. The van der Waals surface area contributed by atoms with Gasteiger partial charge in [-0.2, -0.15) is 0 Å². The number of benzene rings is 3. The number of carbonyl (C=O) groups excluding carboxylic acids is 2. The number of rotatable bonds is 11. The molecule has 0 spiro atoms. The Hall–Kier alpha value is -2.81. The van der Waals surface area contributed by atoms with Gasteiger partial charge in [-0.25, -0.2) is 8.42 Å².